The molecule has 19 heavy (non-hydrogen) atoms. The lowest BCUT2D eigenvalue weighted by atomic mass is 10.1. The highest BCUT2D eigenvalue weighted by molar-refractivity contribution is 7.99. The summed E-state index contributed by atoms with van der Waals surface area (Å²) in [5.74, 6) is 0.444. The summed E-state index contributed by atoms with van der Waals surface area (Å²) in [6.45, 7) is 0. The predicted octanol–water partition coefficient (Wildman–Crippen LogP) is 3.27. The van der Waals surface area contributed by atoms with Gasteiger partial charge in [0.05, 0.1) is 5.56 Å². The summed E-state index contributed by atoms with van der Waals surface area (Å²) in [5, 5.41) is 0. The van der Waals surface area contributed by atoms with Gasteiger partial charge in [-0.25, -0.2) is 4.79 Å². The molecule has 0 spiro atoms. The van der Waals surface area contributed by atoms with E-state index >= 15 is 0 Å². The minimum atomic E-state index is -0.234. The SMILES string of the molecule is Nc1ccccc1SCC1OC(=O)c2ccccc21. The summed E-state index contributed by atoms with van der Waals surface area (Å²) >= 11 is 1.61. The van der Waals surface area contributed by atoms with Crippen molar-refractivity contribution >= 4 is 23.4 Å². The van der Waals surface area contributed by atoms with Crippen LogP contribution in [0.15, 0.2) is 53.4 Å². The van der Waals surface area contributed by atoms with Crippen LogP contribution in [-0.2, 0) is 4.74 Å². The summed E-state index contributed by atoms with van der Waals surface area (Å²) < 4.78 is 5.39. The Hall–Kier alpha value is -1.94. The molecule has 1 heterocycles. The molecule has 1 aliphatic rings. The van der Waals surface area contributed by atoms with Crippen LogP contribution in [0, 0.1) is 0 Å². The van der Waals surface area contributed by atoms with Gasteiger partial charge in [0.1, 0.15) is 6.10 Å². The summed E-state index contributed by atoms with van der Waals surface area (Å²) in [7, 11) is 0. The van der Waals surface area contributed by atoms with E-state index in [0.717, 1.165) is 16.1 Å². The zero-order valence-electron chi connectivity index (χ0n) is 10.2. The highest BCUT2D eigenvalue weighted by Crippen LogP contribution is 2.36. The van der Waals surface area contributed by atoms with Crippen LogP contribution in [0.3, 0.4) is 0 Å². The zero-order valence-corrected chi connectivity index (χ0v) is 11.0. The van der Waals surface area contributed by atoms with Crippen LogP contribution in [0.2, 0.25) is 0 Å². The Morgan fingerprint density at radius 2 is 1.84 bits per heavy atom. The van der Waals surface area contributed by atoms with E-state index in [1.54, 1.807) is 17.8 Å². The maximum atomic E-state index is 11.7. The molecule has 1 unspecified atom stereocenters. The van der Waals surface area contributed by atoms with E-state index in [-0.39, 0.29) is 12.1 Å². The molecule has 0 fully saturated rings. The number of cyclic esters (lactones) is 1. The number of hydrogen-bond acceptors (Lipinski definition) is 4. The van der Waals surface area contributed by atoms with Gasteiger partial charge in [-0.3, -0.25) is 0 Å². The first-order chi connectivity index (χ1) is 9.25. The van der Waals surface area contributed by atoms with Crippen molar-refractivity contribution in [2.75, 3.05) is 11.5 Å². The van der Waals surface area contributed by atoms with Gasteiger partial charge in [0.25, 0.3) is 0 Å². The summed E-state index contributed by atoms with van der Waals surface area (Å²) in [5.41, 5.74) is 8.30. The van der Waals surface area contributed by atoms with E-state index < -0.39 is 0 Å². The minimum absolute atomic E-state index is 0.187. The fourth-order valence-corrected chi connectivity index (χ4v) is 3.11. The third-order valence-corrected chi connectivity index (χ3v) is 4.24. The third kappa shape index (κ3) is 2.31. The number of hydrogen-bond donors (Lipinski definition) is 1. The first-order valence-corrected chi connectivity index (χ1v) is 7.01. The second-order valence-electron chi connectivity index (χ2n) is 4.33. The second-order valence-corrected chi connectivity index (χ2v) is 5.39. The Labute approximate surface area is 115 Å². The smallest absolute Gasteiger partial charge is 0.339 e. The van der Waals surface area contributed by atoms with Crippen LogP contribution in [0.4, 0.5) is 5.69 Å². The molecule has 3 rings (SSSR count). The van der Waals surface area contributed by atoms with E-state index in [9.17, 15) is 4.79 Å². The number of fused-ring (bicyclic) bond motifs is 1. The average Bonchev–Trinajstić information content (AvgIpc) is 2.75. The molecule has 2 aromatic carbocycles. The first-order valence-electron chi connectivity index (χ1n) is 6.03. The van der Waals surface area contributed by atoms with Crippen LogP contribution < -0.4 is 5.73 Å². The van der Waals surface area contributed by atoms with Crippen LogP contribution in [0.25, 0.3) is 0 Å². The van der Waals surface area contributed by atoms with Gasteiger partial charge in [-0.1, -0.05) is 30.3 Å². The maximum absolute atomic E-state index is 11.7. The number of esters is 1. The van der Waals surface area contributed by atoms with Gasteiger partial charge in [0, 0.05) is 21.9 Å². The molecule has 0 aliphatic carbocycles. The van der Waals surface area contributed by atoms with E-state index in [1.807, 2.05) is 42.5 Å². The number of rotatable bonds is 3. The van der Waals surface area contributed by atoms with Gasteiger partial charge in [-0.15, -0.1) is 11.8 Å². The molecule has 0 bridgehead atoms. The molecular weight excluding hydrogens is 258 g/mol. The standard InChI is InChI=1S/C15H13NO2S/c16-12-7-3-4-8-14(12)19-9-13-10-5-1-2-6-11(10)15(17)18-13/h1-8,13H,9,16H2. The average molecular weight is 271 g/mol. The van der Waals surface area contributed by atoms with Crippen molar-refractivity contribution in [2.45, 2.75) is 11.0 Å². The van der Waals surface area contributed by atoms with Crippen molar-refractivity contribution in [2.24, 2.45) is 0 Å². The maximum Gasteiger partial charge on any atom is 0.339 e. The summed E-state index contributed by atoms with van der Waals surface area (Å²) in [6.07, 6.45) is -0.187. The Balaban J connectivity index is 1.76. The number of carbonyl (C=O) groups is 1. The number of thioether (sulfide) groups is 1. The largest absolute Gasteiger partial charge is 0.453 e. The van der Waals surface area contributed by atoms with Crippen molar-refractivity contribution in [3.05, 3.63) is 59.7 Å². The quantitative estimate of drug-likeness (QED) is 0.529. The Morgan fingerprint density at radius 3 is 2.68 bits per heavy atom. The first kappa shape index (κ1) is 12.1. The van der Waals surface area contributed by atoms with Crippen molar-refractivity contribution in [1.82, 2.24) is 0 Å². The number of anilines is 1. The molecule has 0 radical (unpaired) electrons. The topological polar surface area (TPSA) is 52.3 Å². The fraction of sp³-hybridized carbons (Fsp3) is 0.133. The molecule has 1 aliphatic heterocycles. The monoisotopic (exact) mass is 271 g/mol. The number of carbonyl (C=O) groups excluding carboxylic acids is 1. The molecular formula is C15H13NO2S. The molecule has 4 heteroatoms. The lowest BCUT2D eigenvalue weighted by Crippen LogP contribution is -2.02. The summed E-state index contributed by atoms with van der Waals surface area (Å²) in [6, 6.07) is 15.2. The molecule has 0 amide bonds. The number of benzene rings is 2. The van der Waals surface area contributed by atoms with Crippen LogP contribution in [0.5, 0.6) is 0 Å². The number of ether oxygens (including phenoxy) is 1. The van der Waals surface area contributed by atoms with Crippen molar-refractivity contribution in [3.63, 3.8) is 0 Å². The van der Waals surface area contributed by atoms with Crippen molar-refractivity contribution < 1.29 is 9.53 Å². The number of para-hydroxylation sites is 1. The predicted molar refractivity (Wildman–Crippen MR) is 76.2 cm³/mol. The normalized spacial score (nSPS) is 17.1. The zero-order chi connectivity index (χ0) is 13.2. The lowest BCUT2D eigenvalue weighted by molar-refractivity contribution is 0.0430. The molecule has 96 valence electrons. The molecule has 2 N–H and O–H groups in total. The Bertz CT molecular complexity index is 627. The molecule has 0 saturated heterocycles. The van der Waals surface area contributed by atoms with Crippen LogP contribution in [-0.4, -0.2) is 11.7 Å². The Kier molecular flexibility index (Phi) is 3.17. The Morgan fingerprint density at radius 1 is 1.11 bits per heavy atom. The number of nitrogens with two attached hydrogens (primary N) is 1. The lowest BCUT2D eigenvalue weighted by Gasteiger charge is -2.11. The minimum Gasteiger partial charge on any atom is -0.453 e. The van der Waals surface area contributed by atoms with Gasteiger partial charge in [0.2, 0.25) is 0 Å². The summed E-state index contributed by atoms with van der Waals surface area (Å²) in [4.78, 5) is 12.7. The van der Waals surface area contributed by atoms with Gasteiger partial charge in [0.15, 0.2) is 0 Å². The third-order valence-electron chi connectivity index (χ3n) is 3.09. The van der Waals surface area contributed by atoms with Crippen molar-refractivity contribution in [3.8, 4) is 0 Å². The van der Waals surface area contributed by atoms with Gasteiger partial charge in [-0.2, -0.15) is 0 Å². The molecule has 2 aromatic rings. The highest BCUT2D eigenvalue weighted by atomic mass is 32.2. The van der Waals surface area contributed by atoms with Crippen LogP contribution in [0.1, 0.15) is 22.0 Å². The number of nitrogen functional groups attached to an aromatic ring is 1. The van der Waals surface area contributed by atoms with Gasteiger partial charge in [-0.05, 0) is 18.2 Å². The van der Waals surface area contributed by atoms with E-state index in [1.165, 1.54) is 0 Å². The molecule has 3 nitrogen and oxygen atoms in total. The molecule has 0 aromatic heterocycles. The van der Waals surface area contributed by atoms with Crippen LogP contribution >= 0.6 is 11.8 Å². The van der Waals surface area contributed by atoms with E-state index in [4.69, 9.17) is 10.5 Å². The van der Waals surface area contributed by atoms with Crippen molar-refractivity contribution in [1.29, 1.82) is 0 Å². The fourth-order valence-electron chi connectivity index (χ4n) is 2.12. The highest BCUT2D eigenvalue weighted by Gasteiger charge is 2.30. The van der Waals surface area contributed by atoms with Gasteiger partial charge >= 0.3 is 5.97 Å². The second kappa shape index (κ2) is 4.97. The molecule has 1 atom stereocenters. The van der Waals surface area contributed by atoms with Gasteiger partial charge < -0.3 is 10.5 Å². The van der Waals surface area contributed by atoms with E-state index in [2.05, 4.69) is 0 Å². The van der Waals surface area contributed by atoms with E-state index in [0.29, 0.717) is 11.3 Å². The molecule has 0 saturated carbocycles.